The Balaban J connectivity index is 1.63. The fourth-order valence-corrected chi connectivity index (χ4v) is 3.91. The van der Waals surface area contributed by atoms with Crippen LogP contribution >= 0.6 is 0 Å². The number of likely N-dealkylation sites (tertiary alicyclic amines) is 1. The molecule has 2 fully saturated rings. The summed E-state index contributed by atoms with van der Waals surface area (Å²) in [6.45, 7) is 4.24. The van der Waals surface area contributed by atoms with Crippen molar-refractivity contribution in [1.82, 2.24) is 10.2 Å². The first-order valence-corrected chi connectivity index (χ1v) is 9.96. The smallest absolute Gasteiger partial charge is 0.317 e. The molecule has 3 rings (SSSR count). The van der Waals surface area contributed by atoms with Gasteiger partial charge >= 0.3 is 12.0 Å². The van der Waals surface area contributed by atoms with Gasteiger partial charge in [-0.15, -0.1) is 0 Å². The van der Waals surface area contributed by atoms with Crippen molar-refractivity contribution < 1.29 is 24.2 Å². The van der Waals surface area contributed by atoms with Crippen LogP contribution in [-0.2, 0) is 4.79 Å². The molecule has 2 unspecified atom stereocenters. The number of rotatable bonds is 6. The second-order valence-corrected chi connectivity index (χ2v) is 8.14. The predicted molar refractivity (Wildman–Crippen MR) is 105 cm³/mol. The summed E-state index contributed by atoms with van der Waals surface area (Å²) in [5.74, 6) is 0.525. The van der Waals surface area contributed by atoms with Gasteiger partial charge in [-0.3, -0.25) is 4.79 Å². The predicted octanol–water partition coefficient (Wildman–Crippen LogP) is 3.58. The zero-order chi connectivity index (χ0) is 20.3. The molecule has 1 heterocycles. The van der Waals surface area contributed by atoms with Crippen LogP contribution in [0.3, 0.4) is 0 Å². The van der Waals surface area contributed by atoms with Crippen molar-refractivity contribution in [2.24, 2.45) is 5.41 Å². The fraction of sp³-hybridized carbons (Fsp3) is 0.619. The SMILES string of the molecule is COc1cc(C(C)NC(=O)N2CCC(C)(C(=O)O)C2)ccc1OC1CCCC1. The first-order chi connectivity index (χ1) is 13.3. The normalized spacial score (nSPS) is 23.5. The van der Waals surface area contributed by atoms with Crippen LogP contribution in [0.1, 0.15) is 57.6 Å². The molecule has 154 valence electrons. The molecule has 1 aromatic carbocycles. The molecule has 2 amide bonds. The van der Waals surface area contributed by atoms with Crippen molar-refractivity contribution in [3.8, 4) is 11.5 Å². The third-order valence-electron chi connectivity index (χ3n) is 5.90. The molecule has 28 heavy (non-hydrogen) atoms. The van der Waals surface area contributed by atoms with E-state index in [1.807, 2.05) is 25.1 Å². The summed E-state index contributed by atoms with van der Waals surface area (Å²) in [6, 6.07) is 5.23. The molecule has 7 heteroatoms. The Morgan fingerprint density at radius 3 is 2.61 bits per heavy atom. The van der Waals surface area contributed by atoms with E-state index < -0.39 is 11.4 Å². The van der Waals surface area contributed by atoms with Crippen LogP contribution in [0.4, 0.5) is 4.79 Å². The number of carboxylic acids is 1. The molecule has 2 N–H and O–H groups in total. The molecule has 0 aromatic heterocycles. The van der Waals surface area contributed by atoms with Gasteiger partial charge in [0.25, 0.3) is 0 Å². The molecule has 1 saturated heterocycles. The Bertz CT molecular complexity index is 732. The van der Waals surface area contributed by atoms with Gasteiger partial charge in [-0.25, -0.2) is 4.79 Å². The monoisotopic (exact) mass is 390 g/mol. The van der Waals surface area contributed by atoms with Crippen LogP contribution in [0.5, 0.6) is 11.5 Å². The lowest BCUT2D eigenvalue weighted by molar-refractivity contribution is -0.147. The van der Waals surface area contributed by atoms with Gasteiger partial charge in [-0.05, 0) is 63.6 Å². The molecule has 1 aromatic rings. The second-order valence-electron chi connectivity index (χ2n) is 8.14. The topological polar surface area (TPSA) is 88.1 Å². The third kappa shape index (κ3) is 4.34. The quantitative estimate of drug-likeness (QED) is 0.775. The van der Waals surface area contributed by atoms with E-state index in [1.54, 1.807) is 18.9 Å². The number of hydrogen-bond donors (Lipinski definition) is 2. The molecular formula is C21H30N2O5. The summed E-state index contributed by atoms with van der Waals surface area (Å²) in [7, 11) is 1.61. The van der Waals surface area contributed by atoms with Crippen LogP contribution in [0.25, 0.3) is 0 Å². The van der Waals surface area contributed by atoms with Crippen LogP contribution in [0.15, 0.2) is 18.2 Å². The molecule has 1 aliphatic carbocycles. The number of methoxy groups -OCH3 is 1. The maximum absolute atomic E-state index is 12.6. The Hall–Kier alpha value is -2.44. The molecule has 2 aliphatic rings. The summed E-state index contributed by atoms with van der Waals surface area (Å²) in [6.07, 6.45) is 5.25. The first kappa shape index (κ1) is 20.3. The average Bonchev–Trinajstić information content (AvgIpc) is 3.32. The minimum Gasteiger partial charge on any atom is -0.493 e. The minimum absolute atomic E-state index is 0.221. The lowest BCUT2D eigenvalue weighted by Crippen LogP contribution is -2.41. The number of nitrogens with one attached hydrogen (secondary N) is 1. The van der Waals surface area contributed by atoms with Gasteiger partial charge in [-0.2, -0.15) is 0 Å². The highest BCUT2D eigenvalue weighted by Gasteiger charge is 2.42. The van der Waals surface area contributed by atoms with E-state index in [0.29, 0.717) is 18.7 Å². The lowest BCUT2D eigenvalue weighted by atomic mass is 9.90. The van der Waals surface area contributed by atoms with Crippen molar-refractivity contribution >= 4 is 12.0 Å². The number of urea groups is 1. The highest BCUT2D eigenvalue weighted by atomic mass is 16.5. The molecule has 1 saturated carbocycles. The van der Waals surface area contributed by atoms with E-state index in [0.717, 1.165) is 24.2 Å². The Labute approximate surface area is 166 Å². The largest absolute Gasteiger partial charge is 0.493 e. The maximum Gasteiger partial charge on any atom is 0.317 e. The van der Waals surface area contributed by atoms with E-state index >= 15 is 0 Å². The number of carbonyl (C=O) groups is 2. The summed E-state index contributed by atoms with van der Waals surface area (Å²) in [5, 5.41) is 12.3. The van der Waals surface area contributed by atoms with Crippen molar-refractivity contribution in [3.63, 3.8) is 0 Å². The number of amides is 2. The molecule has 2 atom stereocenters. The highest BCUT2D eigenvalue weighted by molar-refractivity contribution is 5.79. The van der Waals surface area contributed by atoms with E-state index in [-0.39, 0.29) is 24.7 Å². The molecule has 0 radical (unpaired) electrons. The Morgan fingerprint density at radius 1 is 1.29 bits per heavy atom. The number of carbonyl (C=O) groups excluding carboxylic acids is 1. The van der Waals surface area contributed by atoms with Crippen LogP contribution in [0, 0.1) is 5.41 Å². The van der Waals surface area contributed by atoms with Gasteiger partial charge in [0, 0.05) is 13.1 Å². The number of carboxylic acid groups (broad SMARTS) is 1. The van der Waals surface area contributed by atoms with Crippen molar-refractivity contribution in [2.45, 2.75) is 58.1 Å². The van der Waals surface area contributed by atoms with E-state index in [9.17, 15) is 14.7 Å². The fourth-order valence-electron chi connectivity index (χ4n) is 3.91. The average molecular weight is 390 g/mol. The molecule has 0 spiro atoms. The van der Waals surface area contributed by atoms with Crippen LogP contribution in [0.2, 0.25) is 0 Å². The standard InChI is InChI=1S/C21H30N2O5/c1-14(22-20(26)23-11-10-21(2,13-23)19(24)25)15-8-9-17(18(12-15)27-3)28-16-6-4-5-7-16/h8-9,12,14,16H,4-7,10-11,13H2,1-3H3,(H,22,26)(H,24,25). The molecular weight excluding hydrogens is 360 g/mol. The van der Waals surface area contributed by atoms with Gasteiger partial charge in [-0.1, -0.05) is 6.07 Å². The Kier molecular flexibility index (Phi) is 6.01. The van der Waals surface area contributed by atoms with Gasteiger partial charge in [0.1, 0.15) is 0 Å². The third-order valence-corrected chi connectivity index (χ3v) is 5.90. The lowest BCUT2D eigenvalue weighted by Gasteiger charge is -2.23. The summed E-state index contributed by atoms with van der Waals surface area (Å²) in [4.78, 5) is 25.5. The van der Waals surface area contributed by atoms with E-state index in [1.165, 1.54) is 12.8 Å². The van der Waals surface area contributed by atoms with E-state index in [2.05, 4.69) is 5.32 Å². The minimum atomic E-state index is -0.872. The number of hydrogen-bond acceptors (Lipinski definition) is 4. The van der Waals surface area contributed by atoms with Crippen molar-refractivity contribution in [1.29, 1.82) is 0 Å². The first-order valence-electron chi connectivity index (χ1n) is 9.96. The number of nitrogens with zero attached hydrogens (tertiary/aromatic N) is 1. The van der Waals surface area contributed by atoms with E-state index in [4.69, 9.17) is 9.47 Å². The summed E-state index contributed by atoms with van der Waals surface area (Å²) in [5.41, 5.74) is 0.0346. The molecule has 0 bridgehead atoms. The Morgan fingerprint density at radius 2 is 2.00 bits per heavy atom. The zero-order valence-corrected chi connectivity index (χ0v) is 16.9. The summed E-state index contributed by atoms with van der Waals surface area (Å²) >= 11 is 0. The van der Waals surface area contributed by atoms with Gasteiger partial charge < -0.3 is 24.8 Å². The van der Waals surface area contributed by atoms with Crippen LogP contribution in [-0.4, -0.2) is 48.3 Å². The number of ether oxygens (including phenoxy) is 2. The molecule has 7 nitrogen and oxygen atoms in total. The van der Waals surface area contributed by atoms with Crippen molar-refractivity contribution in [3.05, 3.63) is 23.8 Å². The highest BCUT2D eigenvalue weighted by Crippen LogP contribution is 2.34. The molecule has 1 aliphatic heterocycles. The zero-order valence-electron chi connectivity index (χ0n) is 16.9. The van der Waals surface area contributed by atoms with Gasteiger partial charge in [0.05, 0.1) is 24.7 Å². The van der Waals surface area contributed by atoms with Gasteiger partial charge in [0.15, 0.2) is 11.5 Å². The number of benzene rings is 1. The van der Waals surface area contributed by atoms with Crippen molar-refractivity contribution in [2.75, 3.05) is 20.2 Å². The maximum atomic E-state index is 12.6. The number of aliphatic carboxylic acids is 1. The van der Waals surface area contributed by atoms with Crippen LogP contribution < -0.4 is 14.8 Å². The summed E-state index contributed by atoms with van der Waals surface area (Å²) < 4.78 is 11.6. The second kappa shape index (κ2) is 8.29. The van der Waals surface area contributed by atoms with Gasteiger partial charge in [0.2, 0.25) is 0 Å².